The van der Waals surface area contributed by atoms with Crippen LogP contribution < -0.4 is 29.6 Å². The van der Waals surface area contributed by atoms with Crippen LogP contribution in [0.4, 0.5) is 11.4 Å². The number of amides is 1. The Bertz CT molecular complexity index is 1060. The molecule has 8 heteroatoms. The van der Waals surface area contributed by atoms with Gasteiger partial charge in [0.15, 0.2) is 5.76 Å². The van der Waals surface area contributed by atoms with Gasteiger partial charge in [-0.1, -0.05) is 6.07 Å². The van der Waals surface area contributed by atoms with Crippen LogP contribution in [0.3, 0.4) is 0 Å². The third-order valence-electron chi connectivity index (χ3n) is 4.61. The van der Waals surface area contributed by atoms with Crippen molar-refractivity contribution in [3.63, 3.8) is 0 Å². The number of carbonyl (C=O) groups excluding carboxylic acids is 1. The molecule has 0 fully saturated rings. The van der Waals surface area contributed by atoms with Crippen molar-refractivity contribution in [3.8, 4) is 28.9 Å². The fraction of sp³-hybridized carbons (Fsp3) is 0.292. The number of hydrogen-bond acceptors (Lipinski definition) is 7. The van der Waals surface area contributed by atoms with Crippen LogP contribution in [0.25, 0.3) is 0 Å². The van der Waals surface area contributed by atoms with Gasteiger partial charge in [-0.15, -0.1) is 0 Å². The number of ether oxygens (including phenoxy) is 4. The van der Waals surface area contributed by atoms with E-state index in [0.717, 1.165) is 11.3 Å². The van der Waals surface area contributed by atoms with Gasteiger partial charge in [0, 0.05) is 36.0 Å². The highest BCUT2D eigenvalue weighted by molar-refractivity contribution is 6.04. The molecule has 1 aromatic heterocycles. The average Bonchev–Trinajstić information content (AvgIpc) is 3.24. The summed E-state index contributed by atoms with van der Waals surface area (Å²) in [6.07, 6.45) is 0. The van der Waals surface area contributed by atoms with Crippen molar-refractivity contribution in [2.24, 2.45) is 0 Å². The molecule has 0 aliphatic carbocycles. The molecule has 1 heterocycles. The summed E-state index contributed by atoms with van der Waals surface area (Å²) in [5.41, 5.74) is 2.24. The zero-order chi connectivity index (χ0) is 23.3. The molecule has 0 saturated heterocycles. The second-order valence-electron chi connectivity index (χ2n) is 7.36. The number of methoxy groups -OCH3 is 3. The lowest BCUT2D eigenvalue weighted by Gasteiger charge is -2.15. The van der Waals surface area contributed by atoms with Gasteiger partial charge in [0.2, 0.25) is 0 Å². The Morgan fingerprint density at radius 2 is 1.59 bits per heavy atom. The second kappa shape index (κ2) is 10.00. The van der Waals surface area contributed by atoms with Crippen LogP contribution in [0.15, 0.2) is 46.9 Å². The van der Waals surface area contributed by atoms with Gasteiger partial charge in [-0.3, -0.25) is 4.79 Å². The first-order chi connectivity index (χ1) is 15.3. The van der Waals surface area contributed by atoms with Gasteiger partial charge in [0.25, 0.3) is 11.9 Å². The van der Waals surface area contributed by atoms with Crippen molar-refractivity contribution in [3.05, 3.63) is 53.8 Å². The van der Waals surface area contributed by atoms with Crippen molar-refractivity contribution >= 4 is 17.3 Å². The zero-order valence-electron chi connectivity index (χ0n) is 19.1. The van der Waals surface area contributed by atoms with Crippen LogP contribution in [0.1, 0.15) is 30.0 Å². The smallest absolute Gasteiger partial charge is 0.291 e. The van der Waals surface area contributed by atoms with Crippen molar-refractivity contribution in [2.45, 2.75) is 26.8 Å². The van der Waals surface area contributed by atoms with E-state index in [1.165, 1.54) is 21.3 Å². The second-order valence-corrected chi connectivity index (χ2v) is 7.36. The summed E-state index contributed by atoms with van der Waals surface area (Å²) in [7, 11) is 4.52. The Hall–Kier alpha value is -3.81. The van der Waals surface area contributed by atoms with E-state index in [0.29, 0.717) is 28.7 Å². The van der Waals surface area contributed by atoms with E-state index in [-0.39, 0.29) is 17.7 Å². The van der Waals surface area contributed by atoms with Crippen molar-refractivity contribution in [1.82, 2.24) is 0 Å². The maximum atomic E-state index is 12.8. The predicted molar refractivity (Wildman–Crippen MR) is 123 cm³/mol. The summed E-state index contributed by atoms with van der Waals surface area (Å²) in [6.45, 7) is 6.06. The van der Waals surface area contributed by atoms with E-state index < -0.39 is 5.91 Å². The molecule has 0 atom stereocenters. The number of carbonyl (C=O) groups is 1. The molecule has 1 amide bonds. The standard InChI is InChI=1S/C24H28N2O6/c1-14(2)25-16-8-7-15(3)19(11-16)32-22-10-9-18(31-22)24(27)26-23-20(29-5)12-17(28-4)13-21(23)30-6/h7-14,25H,1-6H3,(H,26,27). The lowest BCUT2D eigenvalue weighted by molar-refractivity contribution is 0.0991. The molecule has 0 aliphatic heterocycles. The van der Waals surface area contributed by atoms with Crippen LogP contribution in [0.5, 0.6) is 28.9 Å². The van der Waals surface area contributed by atoms with E-state index in [1.807, 2.05) is 25.1 Å². The number of benzene rings is 2. The quantitative estimate of drug-likeness (QED) is 0.455. The van der Waals surface area contributed by atoms with Crippen molar-refractivity contribution < 1.29 is 28.2 Å². The van der Waals surface area contributed by atoms with Gasteiger partial charge >= 0.3 is 0 Å². The van der Waals surface area contributed by atoms with Crippen molar-refractivity contribution in [2.75, 3.05) is 32.0 Å². The first-order valence-electron chi connectivity index (χ1n) is 10.1. The summed E-state index contributed by atoms with van der Waals surface area (Å²) in [4.78, 5) is 12.8. The molecule has 3 aromatic rings. The van der Waals surface area contributed by atoms with Gasteiger partial charge in [0.05, 0.1) is 21.3 Å². The fourth-order valence-electron chi connectivity index (χ4n) is 3.04. The Balaban J connectivity index is 1.79. The molecular formula is C24H28N2O6. The Kier molecular flexibility index (Phi) is 7.14. The molecule has 32 heavy (non-hydrogen) atoms. The molecule has 170 valence electrons. The number of anilines is 2. The lowest BCUT2D eigenvalue weighted by Crippen LogP contribution is -2.13. The van der Waals surface area contributed by atoms with Gasteiger partial charge in [-0.2, -0.15) is 0 Å². The van der Waals surface area contributed by atoms with E-state index in [4.69, 9.17) is 23.4 Å². The normalized spacial score (nSPS) is 10.6. The molecule has 0 radical (unpaired) electrons. The summed E-state index contributed by atoms with van der Waals surface area (Å²) in [6, 6.07) is 12.6. The molecule has 2 aromatic carbocycles. The molecule has 0 saturated carbocycles. The highest BCUT2D eigenvalue weighted by Crippen LogP contribution is 2.39. The molecule has 3 rings (SSSR count). The minimum Gasteiger partial charge on any atom is -0.496 e. The molecule has 8 nitrogen and oxygen atoms in total. The van der Waals surface area contributed by atoms with E-state index in [9.17, 15) is 4.79 Å². The maximum Gasteiger partial charge on any atom is 0.291 e. The summed E-state index contributed by atoms with van der Waals surface area (Å²) in [5.74, 6) is 1.76. The SMILES string of the molecule is COc1cc(OC)c(NC(=O)c2ccc(Oc3cc(NC(C)C)ccc3C)o2)c(OC)c1. The van der Waals surface area contributed by atoms with E-state index >= 15 is 0 Å². The van der Waals surface area contributed by atoms with E-state index in [2.05, 4.69) is 24.5 Å². The summed E-state index contributed by atoms with van der Waals surface area (Å²) < 4.78 is 27.5. The molecule has 2 N–H and O–H groups in total. The third-order valence-corrected chi connectivity index (χ3v) is 4.61. The minimum absolute atomic E-state index is 0.0778. The topological polar surface area (TPSA) is 91.2 Å². The van der Waals surface area contributed by atoms with Crippen LogP contribution in [-0.4, -0.2) is 33.3 Å². The number of rotatable bonds is 9. The lowest BCUT2D eigenvalue weighted by atomic mass is 10.2. The van der Waals surface area contributed by atoms with Gasteiger partial charge in [-0.25, -0.2) is 0 Å². The summed E-state index contributed by atoms with van der Waals surface area (Å²) in [5, 5.41) is 6.10. The third kappa shape index (κ3) is 5.26. The maximum absolute atomic E-state index is 12.8. The van der Waals surface area contributed by atoms with Crippen LogP contribution >= 0.6 is 0 Å². The van der Waals surface area contributed by atoms with Crippen LogP contribution in [-0.2, 0) is 0 Å². The molecule has 0 spiro atoms. The first kappa shape index (κ1) is 22.9. The molecule has 0 aliphatic rings. The van der Waals surface area contributed by atoms with Gasteiger partial charge in [-0.05, 0) is 38.5 Å². The Morgan fingerprint density at radius 1 is 0.906 bits per heavy atom. The first-order valence-corrected chi connectivity index (χ1v) is 10.1. The molecular weight excluding hydrogens is 412 g/mol. The monoisotopic (exact) mass is 440 g/mol. The highest BCUT2D eigenvalue weighted by Gasteiger charge is 2.19. The van der Waals surface area contributed by atoms with Crippen molar-refractivity contribution in [1.29, 1.82) is 0 Å². The number of nitrogens with one attached hydrogen (secondary N) is 2. The number of hydrogen-bond donors (Lipinski definition) is 2. The Labute approximate surface area is 187 Å². The van der Waals surface area contributed by atoms with E-state index in [1.54, 1.807) is 24.3 Å². The fourth-order valence-corrected chi connectivity index (χ4v) is 3.04. The molecule has 0 bridgehead atoms. The van der Waals surface area contributed by atoms with Crippen LogP contribution in [0.2, 0.25) is 0 Å². The minimum atomic E-state index is -0.478. The zero-order valence-corrected chi connectivity index (χ0v) is 19.1. The highest BCUT2D eigenvalue weighted by atomic mass is 16.6. The van der Waals surface area contributed by atoms with Crippen LogP contribution in [0, 0.1) is 6.92 Å². The molecule has 0 unspecified atom stereocenters. The number of furan rings is 1. The number of aryl methyl sites for hydroxylation is 1. The average molecular weight is 440 g/mol. The Morgan fingerprint density at radius 3 is 2.19 bits per heavy atom. The largest absolute Gasteiger partial charge is 0.496 e. The summed E-state index contributed by atoms with van der Waals surface area (Å²) >= 11 is 0. The van der Waals surface area contributed by atoms with Gasteiger partial charge < -0.3 is 34.0 Å². The van der Waals surface area contributed by atoms with Gasteiger partial charge in [0.1, 0.15) is 28.7 Å². The predicted octanol–water partition coefficient (Wildman–Crippen LogP) is 5.48.